The summed E-state index contributed by atoms with van der Waals surface area (Å²) >= 11 is 7.31. The van der Waals surface area contributed by atoms with Gasteiger partial charge in [0.15, 0.2) is 0 Å². The highest BCUT2D eigenvalue weighted by Gasteiger charge is 2.23. The van der Waals surface area contributed by atoms with Crippen molar-refractivity contribution < 1.29 is 14.3 Å². The molecule has 0 radical (unpaired) electrons. The van der Waals surface area contributed by atoms with E-state index in [1.54, 1.807) is 17.0 Å². The van der Waals surface area contributed by atoms with Crippen LogP contribution in [0.25, 0.3) is 5.69 Å². The van der Waals surface area contributed by atoms with Gasteiger partial charge in [-0.25, -0.2) is 4.98 Å². The van der Waals surface area contributed by atoms with Crippen molar-refractivity contribution in [1.82, 2.24) is 14.9 Å². The van der Waals surface area contributed by atoms with E-state index < -0.39 is 0 Å². The molecule has 36 heavy (non-hydrogen) atoms. The highest BCUT2D eigenvalue weighted by atomic mass is 35.5. The monoisotopic (exact) mass is 528 g/mol. The number of halogens is 1. The Morgan fingerprint density at radius 2 is 2.08 bits per heavy atom. The Labute approximate surface area is 221 Å². The van der Waals surface area contributed by atoms with E-state index in [1.165, 1.54) is 11.3 Å². The van der Waals surface area contributed by atoms with Crippen LogP contribution in [0, 0.1) is 6.92 Å². The fraction of sp³-hybridized carbons (Fsp3) is 0.444. The van der Waals surface area contributed by atoms with Gasteiger partial charge in [0, 0.05) is 30.5 Å². The third kappa shape index (κ3) is 5.99. The number of amides is 2. The van der Waals surface area contributed by atoms with Crippen molar-refractivity contribution in [3.8, 4) is 5.69 Å². The molecular formula is C27H33ClN4O3S. The van der Waals surface area contributed by atoms with E-state index in [4.69, 9.17) is 21.3 Å². The molecule has 3 heterocycles. The molecule has 1 unspecified atom stereocenters. The number of carbonyl (C=O) groups excluding carboxylic acids is 2. The highest BCUT2D eigenvalue weighted by Crippen LogP contribution is 2.28. The van der Waals surface area contributed by atoms with Crippen molar-refractivity contribution >= 4 is 40.4 Å². The van der Waals surface area contributed by atoms with E-state index >= 15 is 0 Å². The third-order valence-electron chi connectivity index (χ3n) is 6.32. The summed E-state index contributed by atoms with van der Waals surface area (Å²) in [5, 5.41) is 3.16. The zero-order chi connectivity index (χ0) is 25.7. The molecule has 0 bridgehead atoms. The average Bonchev–Trinajstić information content (AvgIpc) is 3.49. The molecule has 1 aliphatic heterocycles. The summed E-state index contributed by atoms with van der Waals surface area (Å²) in [6.45, 7) is 7.52. The number of imidazole rings is 1. The van der Waals surface area contributed by atoms with Crippen molar-refractivity contribution in [2.75, 3.05) is 24.7 Å². The van der Waals surface area contributed by atoms with Crippen LogP contribution in [0.3, 0.4) is 0 Å². The van der Waals surface area contributed by atoms with Gasteiger partial charge in [-0.05, 0) is 55.7 Å². The standard InChI is InChI=1S/C27H33ClN4O3S/c1-4-6-8-25-29-21(20(7-5-2)30-27(34)23-11-12-24(28)36-23)16-32(25)19-9-10-22(18(3)15-19)31-13-14-35-17-26(31)33/h9-12,15-16,20H,4-8,13-14,17H2,1-3H3,(H,30,34). The first-order valence-corrected chi connectivity index (χ1v) is 13.7. The zero-order valence-electron chi connectivity index (χ0n) is 21.1. The van der Waals surface area contributed by atoms with Crippen LogP contribution in [-0.4, -0.2) is 41.1 Å². The second kappa shape index (κ2) is 12.0. The van der Waals surface area contributed by atoms with E-state index in [2.05, 4.69) is 29.8 Å². The predicted molar refractivity (Wildman–Crippen MR) is 145 cm³/mol. The number of nitrogens with zero attached hydrogens (tertiary/aromatic N) is 3. The molecular weight excluding hydrogens is 496 g/mol. The van der Waals surface area contributed by atoms with Gasteiger partial charge in [0.25, 0.3) is 11.8 Å². The van der Waals surface area contributed by atoms with Gasteiger partial charge < -0.3 is 19.5 Å². The molecule has 0 aliphatic carbocycles. The molecule has 1 saturated heterocycles. The SMILES string of the molecule is CCCCc1nc(C(CCC)NC(=O)c2ccc(Cl)s2)cn1-c1ccc(N2CCOCC2=O)c(C)c1. The Hall–Kier alpha value is -2.68. The first kappa shape index (κ1) is 26.4. The average molecular weight is 529 g/mol. The first-order valence-electron chi connectivity index (χ1n) is 12.5. The van der Waals surface area contributed by atoms with Gasteiger partial charge in [0.05, 0.1) is 27.6 Å². The van der Waals surface area contributed by atoms with E-state index in [9.17, 15) is 9.59 Å². The lowest BCUT2D eigenvalue weighted by Crippen LogP contribution is -2.42. The number of rotatable bonds is 10. The van der Waals surface area contributed by atoms with Crippen molar-refractivity contribution in [3.63, 3.8) is 0 Å². The molecule has 1 N–H and O–H groups in total. The number of anilines is 1. The number of hydrogen-bond donors (Lipinski definition) is 1. The Balaban J connectivity index is 1.64. The van der Waals surface area contributed by atoms with Crippen LogP contribution in [-0.2, 0) is 16.0 Å². The molecule has 1 aromatic carbocycles. The normalized spacial score (nSPS) is 14.8. The summed E-state index contributed by atoms with van der Waals surface area (Å²) in [4.78, 5) is 32.6. The number of morpholine rings is 1. The molecule has 0 saturated carbocycles. The lowest BCUT2D eigenvalue weighted by Gasteiger charge is -2.28. The van der Waals surface area contributed by atoms with E-state index in [0.29, 0.717) is 22.4 Å². The number of carbonyl (C=O) groups is 2. The van der Waals surface area contributed by atoms with Gasteiger partial charge >= 0.3 is 0 Å². The molecule has 7 nitrogen and oxygen atoms in total. The van der Waals surface area contributed by atoms with Crippen LogP contribution in [0.2, 0.25) is 4.34 Å². The van der Waals surface area contributed by atoms with Crippen molar-refractivity contribution in [2.45, 2.75) is 58.9 Å². The molecule has 3 aromatic rings. The van der Waals surface area contributed by atoms with Gasteiger partial charge in [-0.2, -0.15) is 0 Å². The molecule has 1 atom stereocenters. The van der Waals surface area contributed by atoms with Gasteiger partial charge in [0.1, 0.15) is 12.4 Å². The van der Waals surface area contributed by atoms with Crippen LogP contribution in [0.5, 0.6) is 0 Å². The Morgan fingerprint density at radius 1 is 1.25 bits per heavy atom. The fourth-order valence-corrected chi connectivity index (χ4v) is 5.40. The fourth-order valence-electron chi connectivity index (χ4n) is 4.45. The van der Waals surface area contributed by atoms with Crippen molar-refractivity contribution in [1.29, 1.82) is 0 Å². The van der Waals surface area contributed by atoms with Gasteiger partial charge in [-0.3, -0.25) is 9.59 Å². The maximum absolute atomic E-state index is 12.9. The Bertz CT molecular complexity index is 1220. The number of hydrogen-bond acceptors (Lipinski definition) is 5. The van der Waals surface area contributed by atoms with Gasteiger partial charge in [-0.1, -0.05) is 38.3 Å². The number of nitrogens with one attached hydrogen (secondary N) is 1. The number of aryl methyl sites for hydroxylation is 2. The van der Waals surface area contributed by atoms with Crippen LogP contribution >= 0.6 is 22.9 Å². The second-order valence-corrected chi connectivity index (χ2v) is 10.8. The molecule has 2 aromatic heterocycles. The van der Waals surface area contributed by atoms with Gasteiger partial charge in [-0.15, -0.1) is 11.3 Å². The quantitative estimate of drug-likeness (QED) is 0.357. The lowest BCUT2D eigenvalue weighted by molar-refractivity contribution is -0.125. The summed E-state index contributed by atoms with van der Waals surface area (Å²) in [6.07, 6.45) is 6.66. The van der Waals surface area contributed by atoms with Crippen molar-refractivity contribution in [3.05, 3.63) is 62.8 Å². The Morgan fingerprint density at radius 3 is 2.75 bits per heavy atom. The topological polar surface area (TPSA) is 76.5 Å². The lowest BCUT2D eigenvalue weighted by atomic mass is 10.1. The third-order valence-corrected chi connectivity index (χ3v) is 7.55. The van der Waals surface area contributed by atoms with Gasteiger partial charge in [0.2, 0.25) is 0 Å². The van der Waals surface area contributed by atoms with Crippen molar-refractivity contribution in [2.24, 2.45) is 0 Å². The molecule has 2 amide bonds. The zero-order valence-corrected chi connectivity index (χ0v) is 22.6. The number of thiophene rings is 1. The number of benzene rings is 1. The molecule has 192 valence electrons. The first-order chi connectivity index (χ1) is 17.4. The molecule has 1 aliphatic rings. The molecule has 9 heteroatoms. The smallest absolute Gasteiger partial charge is 0.261 e. The van der Waals surface area contributed by atoms with Crippen LogP contribution in [0.1, 0.15) is 72.3 Å². The van der Waals surface area contributed by atoms with Crippen LogP contribution in [0.15, 0.2) is 36.5 Å². The van der Waals surface area contributed by atoms with Crippen LogP contribution in [0.4, 0.5) is 5.69 Å². The molecule has 4 rings (SSSR count). The largest absolute Gasteiger partial charge is 0.370 e. The summed E-state index contributed by atoms with van der Waals surface area (Å²) < 4.78 is 8.00. The van der Waals surface area contributed by atoms with Crippen LogP contribution < -0.4 is 10.2 Å². The van der Waals surface area contributed by atoms with E-state index in [-0.39, 0.29) is 24.5 Å². The predicted octanol–water partition coefficient (Wildman–Crippen LogP) is 5.87. The maximum atomic E-state index is 12.9. The summed E-state index contributed by atoms with van der Waals surface area (Å²) in [6, 6.07) is 9.43. The Kier molecular flexibility index (Phi) is 8.82. The summed E-state index contributed by atoms with van der Waals surface area (Å²) in [5.41, 5.74) is 3.78. The number of ether oxygens (including phenoxy) is 1. The molecule has 0 spiro atoms. The van der Waals surface area contributed by atoms with E-state index in [1.807, 2.05) is 25.3 Å². The summed E-state index contributed by atoms with van der Waals surface area (Å²) in [7, 11) is 0. The maximum Gasteiger partial charge on any atom is 0.261 e. The minimum atomic E-state index is -0.198. The highest BCUT2D eigenvalue weighted by molar-refractivity contribution is 7.18. The summed E-state index contributed by atoms with van der Waals surface area (Å²) in [5.74, 6) is 0.817. The minimum Gasteiger partial charge on any atom is -0.370 e. The molecule has 1 fully saturated rings. The second-order valence-electron chi connectivity index (χ2n) is 9.04. The number of aromatic nitrogens is 2. The van der Waals surface area contributed by atoms with E-state index in [0.717, 1.165) is 60.6 Å². The number of unbranched alkanes of at least 4 members (excludes halogenated alkanes) is 1. The minimum absolute atomic E-state index is 0.0178.